The molecule has 1 amide bonds. The van der Waals surface area contributed by atoms with E-state index in [4.69, 9.17) is 0 Å². The molecule has 2 heterocycles. The van der Waals surface area contributed by atoms with Gasteiger partial charge in [0.05, 0.1) is 0 Å². The Bertz CT molecular complexity index is 1030. The number of piperazine rings is 1. The Morgan fingerprint density at radius 2 is 1.79 bits per heavy atom. The molecular formula is C22H25FN4O. The number of anilines is 2. The summed E-state index contributed by atoms with van der Waals surface area (Å²) in [4.78, 5) is 20.4. The first-order valence-corrected chi connectivity index (χ1v) is 9.55. The SMILES string of the molecule is Cc1cc(NC(=O)c2cc3c(C)cc(F)cc3[nH]2)ccc1N1CCN(C)CC1. The lowest BCUT2D eigenvalue weighted by molar-refractivity contribution is 0.102. The van der Waals surface area contributed by atoms with Crippen molar-refractivity contribution in [2.24, 2.45) is 0 Å². The highest BCUT2D eigenvalue weighted by atomic mass is 19.1. The minimum atomic E-state index is -0.311. The van der Waals surface area contributed by atoms with Gasteiger partial charge in [-0.3, -0.25) is 4.79 Å². The molecule has 1 saturated heterocycles. The van der Waals surface area contributed by atoms with Gasteiger partial charge in [-0.25, -0.2) is 4.39 Å². The Morgan fingerprint density at radius 3 is 2.50 bits per heavy atom. The molecule has 1 aromatic heterocycles. The van der Waals surface area contributed by atoms with Crippen LogP contribution in [0.5, 0.6) is 0 Å². The van der Waals surface area contributed by atoms with Crippen LogP contribution in [0.4, 0.5) is 15.8 Å². The number of halogens is 1. The number of benzene rings is 2. The lowest BCUT2D eigenvalue weighted by Crippen LogP contribution is -2.44. The van der Waals surface area contributed by atoms with Crippen LogP contribution in [0.3, 0.4) is 0 Å². The number of hydrogen-bond acceptors (Lipinski definition) is 3. The zero-order chi connectivity index (χ0) is 19.8. The number of fused-ring (bicyclic) bond motifs is 1. The summed E-state index contributed by atoms with van der Waals surface area (Å²) < 4.78 is 13.6. The molecule has 0 spiro atoms. The third-order valence-electron chi connectivity index (χ3n) is 5.45. The summed E-state index contributed by atoms with van der Waals surface area (Å²) in [7, 11) is 2.14. The number of aromatic nitrogens is 1. The molecule has 0 atom stereocenters. The normalized spacial score (nSPS) is 15.2. The van der Waals surface area contributed by atoms with Gasteiger partial charge in [0.2, 0.25) is 0 Å². The Hall–Kier alpha value is -2.86. The van der Waals surface area contributed by atoms with Crippen LogP contribution >= 0.6 is 0 Å². The van der Waals surface area contributed by atoms with E-state index in [1.165, 1.54) is 17.8 Å². The summed E-state index contributed by atoms with van der Waals surface area (Å²) in [5.41, 5.74) is 4.95. The number of amides is 1. The molecule has 0 unspecified atom stereocenters. The van der Waals surface area contributed by atoms with Gasteiger partial charge in [0.25, 0.3) is 5.91 Å². The van der Waals surface area contributed by atoms with Crippen molar-refractivity contribution < 1.29 is 9.18 Å². The molecule has 4 rings (SSSR count). The molecule has 1 fully saturated rings. The molecule has 2 N–H and O–H groups in total. The van der Waals surface area contributed by atoms with E-state index in [0.29, 0.717) is 11.2 Å². The third kappa shape index (κ3) is 3.60. The average Bonchev–Trinajstić information content (AvgIpc) is 3.07. The summed E-state index contributed by atoms with van der Waals surface area (Å²) in [6.45, 7) is 8.03. The molecule has 0 radical (unpaired) electrons. The fourth-order valence-corrected chi connectivity index (χ4v) is 3.83. The summed E-state index contributed by atoms with van der Waals surface area (Å²) in [5.74, 6) is -0.545. The van der Waals surface area contributed by atoms with Gasteiger partial charge < -0.3 is 20.1 Å². The first-order valence-electron chi connectivity index (χ1n) is 9.55. The van der Waals surface area contributed by atoms with Gasteiger partial charge in [0.15, 0.2) is 0 Å². The molecule has 146 valence electrons. The van der Waals surface area contributed by atoms with Crippen LogP contribution < -0.4 is 10.2 Å². The smallest absolute Gasteiger partial charge is 0.272 e. The average molecular weight is 380 g/mol. The number of H-pyrrole nitrogens is 1. The molecule has 0 bridgehead atoms. The van der Waals surface area contributed by atoms with Gasteiger partial charge in [-0.1, -0.05) is 0 Å². The summed E-state index contributed by atoms with van der Waals surface area (Å²) in [5, 5.41) is 3.80. The van der Waals surface area contributed by atoms with Gasteiger partial charge in [0.1, 0.15) is 11.5 Å². The maximum atomic E-state index is 13.6. The van der Waals surface area contributed by atoms with E-state index in [2.05, 4.69) is 40.1 Å². The minimum Gasteiger partial charge on any atom is -0.369 e. The quantitative estimate of drug-likeness (QED) is 0.724. The second-order valence-electron chi connectivity index (χ2n) is 7.61. The van der Waals surface area contributed by atoms with E-state index >= 15 is 0 Å². The van der Waals surface area contributed by atoms with Crippen molar-refractivity contribution >= 4 is 28.2 Å². The number of aryl methyl sites for hydroxylation is 2. The highest BCUT2D eigenvalue weighted by Crippen LogP contribution is 2.26. The van der Waals surface area contributed by atoms with E-state index in [1.54, 1.807) is 6.07 Å². The molecule has 0 saturated carbocycles. The van der Waals surface area contributed by atoms with E-state index in [9.17, 15) is 9.18 Å². The van der Waals surface area contributed by atoms with Gasteiger partial charge in [0, 0.05) is 48.5 Å². The standard InChI is InChI=1S/C22H25FN4O/c1-14-10-16(23)12-19-18(14)13-20(25-19)22(28)24-17-4-5-21(15(2)11-17)27-8-6-26(3)7-9-27/h4-5,10-13,25H,6-9H2,1-3H3,(H,24,28). The fourth-order valence-electron chi connectivity index (χ4n) is 3.83. The van der Waals surface area contributed by atoms with Crippen molar-refractivity contribution in [1.82, 2.24) is 9.88 Å². The second kappa shape index (κ2) is 7.28. The topological polar surface area (TPSA) is 51.4 Å². The molecule has 1 aliphatic rings. The second-order valence-corrected chi connectivity index (χ2v) is 7.61. The Labute approximate surface area is 164 Å². The number of carbonyl (C=O) groups is 1. The van der Waals surface area contributed by atoms with E-state index in [0.717, 1.165) is 48.4 Å². The van der Waals surface area contributed by atoms with Crippen molar-refractivity contribution in [2.75, 3.05) is 43.4 Å². The maximum absolute atomic E-state index is 13.6. The molecule has 2 aromatic carbocycles. The first kappa shape index (κ1) is 18.5. The summed E-state index contributed by atoms with van der Waals surface area (Å²) in [6.07, 6.45) is 0. The van der Waals surface area contributed by atoms with Crippen molar-refractivity contribution in [1.29, 1.82) is 0 Å². The molecule has 0 aliphatic carbocycles. The number of rotatable bonds is 3. The Balaban J connectivity index is 1.52. The summed E-state index contributed by atoms with van der Waals surface area (Å²) >= 11 is 0. The zero-order valence-corrected chi connectivity index (χ0v) is 16.5. The lowest BCUT2D eigenvalue weighted by atomic mass is 10.1. The highest BCUT2D eigenvalue weighted by molar-refractivity contribution is 6.06. The number of hydrogen-bond donors (Lipinski definition) is 2. The van der Waals surface area contributed by atoms with Gasteiger partial charge in [-0.05, 0) is 68.4 Å². The van der Waals surface area contributed by atoms with Crippen LogP contribution in [0, 0.1) is 19.7 Å². The fraction of sp³-hybridized carbons (Fsp3) is 0.318. The third-order valence-corrected chi connectivity index (χ3v) is 5.45. The van der Waals surface area contributed by atoms with Gasteiger partial charge in [-0.2, -0.15) is 0 Å². The monoisotopic (exact) mass is 380 g/mol. The minimum absolute atomic E-state index is 0.234. The van der Waals surface area contributed by atoms with Crippen LogP contribution in [0.1, 0.15) is 21.6 Å². The van der Waals surface area contributed by atoms with Crippen LogP contribution in [-0.2, 0) is 0 Å². The summed E-state index contributed by atoms with van der Waals surface area (Å²) in [6, 6.07) is 10.7. The first-order chi connectivity index (χ1) is 13.4. The van der Waals surface area contributed by atoms with Gasteiger partial charge in [-0.15, -0.1) is 0 Å². The number of likely N-dealkylation sites (N-methyl/N-ethyl adjacent to an activating group) is 1. The molecule has 28 heavy (non-hydrogen) atoms. The lowest BCUT2D eigenvalue weighted by Gasteiger charge is -2.35. The van der Waals surface area contributed by atoms with Crippen molar-refractivity contribution in [2.45, 2.75) is 13.8 Å². The number of nitrogens with one attached hydrogen (secondary N) is 2. The number of carbonyl (C=O) groups excluding carboxylic acids is 1. The van der Waals surface area contributed by atoms with Crippen molar-refractivity contribution in [3.63, 3.8) is 0 Å². The van der Waals surface area contributed by atoms with Crippen molar-refractivity contribution in [3.8, 4) is 0 Å². The van der Waals surface area contributed by atoms with Crippen LogP contribution in [-0.4, -0.2) is 49.0 Å². The Kier molecular flexibility index (Phi) is 4.81. The number of nitrogens with zero attached hydrogens (tertiary/aromatic N) is 2. The molecule has 3 aromatic rings. The largest absolute Gasteiger partial charge is 0.369 e. The van der Waals surface area contributed by atoms with Crippen LogP contribution in [0.15, 0.2) is 36.4 Å². The number of aromatic amines is 1. The van der Waals surface area contributed by atoms with Crippen LogP contribution in [0.25, 0.3) is 10.9 Å². The highest BCUT2D eigenvalue weighted by Gasteiger charge is 2.17. The van der Waals surface area contributed by atoms with Crippen LogP contribution in [0.2, 0.25) is 0 Å². The molecule has 6 heteroatoms. The Morgan fingerprint density at radius 1 is 1.04 bits per heavy atom. The predicted molar refractivity (Wildman–Crippen MR) is 112 cm³/mol. The molecule has 1 aliphatic heterocycles. The zero-order valence-electron chi connectivity index (χ0n) is 16.5. The molecular weight excluding hydrogens is 355 g/mol. The van der Waals surface area contributed by atoms with E-state index < -0.39 is 0 Å². The molecule has 5 nitrogen and oxygen atoms in total. The van der Waals surface area contributed by atoms with E-state index in [-0.39, 0.29) is 11.7 Å². The predicted octanol–water partition coefficient (Wildman–Crippen LogP) is 3.93. The van der Waals surface area contributed by atoms with Gasteiger partial charge >= 0.3 is 0 Å². The van der Waals surface area contributed by atoms with Crippen molar-refractivity contribution in [3.05, 3.63) is 59.0 Å². The van der Waals surface area contributed by atoms with E-state index in [1.807, 2.05) is 19.1 Å². The maximum Gasteiger partial charge on any atom is 0.272 e.